The molecule has 1 aliphatic heterocycles. The van der Waals surface area contributed by atoms with Crippen LogP contribution < -0.4 is 26.4 Å². The number of rotatable bonds is 24. The topological polar surface area (TPSA) is 172 Å². The van der Waals surface area contributed by atoms with Gasteiger partial charge < -0.3 is 55.0 Å². The fraction of sp³-hybridized carbons (Fsp3) is 0.643. The standard InChI is InChI=1S/C42H65N5O9/c1-30(44-5)39(48)46-38(42(2,3)4)41(50)47-29-33-27-34(56-26-25-55-24-23-54-22-21-53-20-19-52-18-17-51-16-15-43)14-13-32(33)28-37(47)40(49)45-36-12-8-10-31-9-6-7-11-35(31)36/h6-7,9,11,13-14,27,30,36-38,44H,8,10,12,15-26,28-29,43H2,1-5H3,(H,45,49)(H,46,48)/t30-,36+,37-,38?/m0/s1. The predicted octanol–water partition coefficient (Wildman–Crippen LogP) is 2.69. The second-order valence-electron chi connectivity index (χ2n) is 15.3. The van der Waals surface area contributed by atoms with Crippen LogP contribution in [0.25, 0.3) is 0 Å². The van der Waals surface area contributed by atoms with Crippen LogP contribution in [0.5, 0.6) is 5.75 Å². The zero-order valence-corrected chi connectivity index (χ0v) is 34.1. The minimum Gasteiger partial charge on any atom is -0.491 e. The molecule has 14 heteroatoms. The van der Waals surface area contributed by atoms with E-state index in [4.69, 9.17) is 34.2 Å². The first-order valence-electron chi connectivity index (χ1n) is 20.0. The van der Waals surface area contributed by atoms with Crippen molar-refractivity contribution in [3.63, 3.8) is 0 Å². The number of nitrogens with zero attached hydrogens (tertiary/aromatic N) is 1. The molecule has 0 saturated carbocycles. The van der Waals surface area contributed by atoms with E-state index in [1.54, 1.807) is 18.9 Å². The molecule has 3 amide bonds. The van der Waals surface area contributed by atoms with Gasteiger partial charge in [-0.1, -0.05) is 51.1 Å². The average molecular weight is 784 g/mol. The van der Waals surface area contributed by atoms with Crippen LogP contribution in [-0.2, 0) is 57.5 Å². The van der Waals surface area contributed by atoms with Gasteiger partial charge in [0.15, 0.2) is 0 Å². The molecular formula is C42H65N5O9. The van der Waals surface area contributed by atoms with Crippen LogP contribution >= 0.6 is 0 Å². The Bertz CT molecular complexity index is 1520. The molecule has 5 N–H and O–H groups in total. The summed E-state index contributed by atoms with van der Waals surface area (Å²) in [4.78, 5) is 43.5. The number of carbonyl (C=O) groups excluding carboxylic acids is 3. The second kappa shape index (κ2) is 23.6. The first-order valence-corrected chi connectivity index (χ1v) is 20.0. The monoisotopic (exact) mass is 783 g/mol. The van der Waals surface area contributed by atoms with Gasteiger partial charge >= 0.3 is 0 Å². The molecule has 0 saturated heterocycles. The van der Waals surface area contributed by atoms with Crippen LogP contribution in [0.15, 0.2) is 42.5 Å². The molecule has 1 heterocycles. The minimum atomic E-state index is -0.858. The lowest BCUT2D eigenvalue weighted by atomic mass is 9.83. The number of aryl methyl sites for hydroxylation is 1. The van der Waals surface area contributed by atoms with E-state index in [-0.39, 0.29) is 30.3 Å². The summed E-state index contributed by atoms with van der Waals surface area (Å²) in [7, 11) is 1.70. The largest absolute Gasteiger partial charge is 0.491 e. The number of benzene rings is 2. The molecule has 0 bridgehead atoms. The van der Waals surface area contributed by atoms with Crippen molar-refractivity contribution in [1.82, 2.24) is 20.9 Å². The molecule has 2 aliphatic rings. The van der Waals surface area contributed by atoms with Gasteiger partial charge in [-0.25, -0.2) is 0 Å². The lowest BCUT2D eigenvalue weighted by Crippen LogP contribution is -2.62. The Balaban J connectivity index is 1.31. The van der Waals surface area contributed by atoms with Crippen molar-refractivity contribution in [2.45, 2.75) is 84.1 Å². The molecule has 312 valence electrons. The Morgan fingerprint density at radius 2 is 1.43 bits per heavy atom. The maximum atomic E-state index is 14.6. The van der Waals surface area contributed by atoms with E-state index in [9.17, 15) is 14.4 Å². The lowest BCUT2D eigenvalue weighted by molar-refractivity contribution is -0.147. The number of ether oxygens (including phenoxy) is 6. The van der Waals surface area contributed by atoms with Crippen LogP contribution in [0, 0.1) is 5.41 Å². The smallest absolute Gasteiger partial charge is 0.246 e. The third-order valence-electron chi connectivity index (χ3n) is 10.1. The number of nitrogens with one attached hydrogen (secondary N) is 3. The zero-order chi connectivity index (χ0) is 40.3. The van der Waals surface area contributed by atoms with E-state index in [0.717, 1.165) is 36.0 Å². The van der Waals surface area contributed by atoms with Crippen LogP contribution in [0.2, 0.25) is 0 Å². The maximum absolute atomic E-state index is 14.6. The van der Waals surface area contributed by atoms with Gasteiger partial charge in [0.2, 0.25) is 17.7 Å². The summed E-state index contributed by atoms with van der Waals surface area (Å²) in [6, 6.07) is 11.8. The molecule has 0 spiro atoms. The van der Waals surface area contributed by atoms with Gasteiger partial charge in [-0.05, 0) is 73.0 Å². The highest BCUT2D eigenvalue weighted by molar-refractivity contribution is 5.94. The maximum Gasteiger partial charge on any atom is 0.246 e. The van der Waals surface area contributed by atoms with Crippen molar-refractivity contribution in [1.29, 1.82) is 0 Å². The first-order chi connectivity index (χ1) is 27.0. The van der Waals surface area contributed by atoms with Crippen molar-refractivity contribution in [2.24, 2.45) is 11.1 Å². The fourth-order valence-electron chi connectivity index (χ4n) is 6.78. The van der Waals surface area contributed by atoms with Crippen molar-refractivity contribution >= 4 is 17.7 Å². The number of fused-ring (bicyclic) bond motifs is 2. The number of likely N-dealkylation sites (N-methyl/N-ethyl adjacent to an activating group) is 1. The fourth-order valence-corrected chi connectivity index (χ4v) is 6.78. The van der Waals surface area contributed by atoms with Crippen LogP contribution in [0.1, 0.15) is 68.8 Å². The van der Waals surface area contributed by atoms with Gasteiger partial charge in [-0.3, -0.25) is 14.4 Å². The Hall–Kier alpha value is -3.63. The normalized spacial score (nSPS) is 17.7. The summed E-state index contributed by atoms with van der Waals surface area (Å²) in [5.41, 5.74) is 8.99. The zero-order valence-electron chi connectivity index (χ0n) is 34.1. The second-order valence-corrected chi connectivity index (χ2v) is 15.3. The van der Waals surface area contributed by atoms with E-state index in [1.807, 2.05) is 51.1 Å². The lowest BCUT2D eigenvalue weighted by Gasteiger charge is -2.41. The van der Waals surface area contributed by atoms with E-state index in [0.29, 0.717) is 91.4 Å². The van der Waals surface area contributed by atoms with Gasteiger partial charge in [0.1, 0.15) is 24.4 Å². The highest BCUT2D eigenvalue weighted by Crippen LogP contribution is 2.33. The molecule has 2 aromatic carbocycles. The van der Waals surface area contributed by atoms with Gasteiger partial charge in [-0.2, -0.15) is 0 Å². The Morgan fingerprint density at radius 1 is 0.821 bits per heavy atom. The van der Waals surface area contributed by atoms with E-state index < -0.39 is 23.5 Å². The van der Waals surface area contributed by atoms with Gasteiger partial charge in [0, 0.05) is 19.5 Å². The first kappa shape index (κ1) is 45.1. The van der Waals surface area contributed by atoms with Crippen molar-refractivity contribution in [3.05, 3.63) is 64.7 Å². The summed E-state index contributed by atoms with van der Waals surface area (Å²) in [6.07, 6.45) is 3.13. The molecule has 1 aliphatic carbocycles. The molecular weight excluding hydrogens is 718 g/mol. The summed E-state index contributed by atoms with van der Waals surface area (Å²) in [5.74, 6) is -0.139. The van der Waals surface area contributed by atoms with Crippen molar-refractivity contribution in [2.75, 3.05) is 86.3 Å². The highest BCUT2D eigenvalue weighted by Gasteiger charge is 2.43. The quantitative estimate of drug-likeness (QED) is 0.116. The molecule has 1 unspecified atom stereocenters. The summed E-state index contributed by atoms with van der Waals surface area (Å²) in [5, 5.41) is 9.22. The molecule has 14 nitrogen and oxygen atoms in total. The Labute approximate surface area is 332 Å². The number of hydrogen-bond donors (Lipinski definition) is 4. The van der Waals surface area contributed by atoms with Gasteiger partial charge in [-0.15, -0.1) is 0 Å². The third kappa shape index (κ3) is 14.1. The van der Waals surface area contributed by atoms with E-state index in [2.05, 4.69) is 28.1 Å². The van der Waals surface area contributed by atoms with Crippen molar-refractivity contribution < 1.29 is 42.8 Å². The van der Waals surface area contributed by atoms with Crippen LogP contribution in [-0.4, -0.2) is 127 Å². The third-order valence-corrected chi connectivity index (χ3v) is 10.1. The van der Waals surface area contributed by atoms with Crippen LogP contribution in [0.4, 0.5) is 0 Å². The number of hydrogen-bond acceptors (Lipinski definition) is 11. The minimum absolute atomic E-state index is 0.132. The average Bonchev–Trinajstić information content (AvgIpc) is 3.19. The van der Waals surface area contributed by atoms with Crippen molar-refractivity contribution in [3.8, 4) is 5.75 Å². The molecule has 0 aromatic heterocycles. The molecule has 0 radical (unpaired) electrons. The summed E-state index contributed by atoms with van der Waals surface area (Å²) < 4.78 is 33.4. The molecule has 0 fully saturated rings. The highest BCUT2D eigenvalue weighted by atomic mass is 16.6. The Morgan fingerprint density at radius 3 is 2.04 bits per heavy atom. The summed E-state index contributed by atoms with van der Waals surface area (Å²) >= 11 is 0. The molecule has 2 aromatic rings. The number of nitrogens with two attached hydrogens (primary N) is 1. The number of amides is 3. The molecule has 4 rings (SSSR count). The van der Waals surface area contributed by atoms with Gasteiger partial charge in [0.25, 0.3) is 0 Å². The molecule has 56 heavy (non-hydrogen) atoms. The van der Waals surface area contributed by atoms with Gasteiger partial charge in [0.05, 0.1) is 78.2 Å². The molecule has 4 atom stereocenters. The van der Waals surface area contributed by atoms with E-state index in [1.165, 1.54) is 5.56 Å². The predicted molar refractivity (Wildman–Crippen MR) is 213 cm³/mol. The Kier molecular flexibility index (Phi) is 19.0. The van der Waals surface area contributed by atoms with Crippen LogP contribution in [0.3, 0.4) is 0 Å². The summed E-state index contributed by atoms with van der Waals surface area (Å²) in [6.45, 7) is 13.3. The SMILES string of the molecule is CN[C@@H](C)C(=O)NC(C(=O)N1Cc2cc(OCCOCCOCCOCCOCCOCCN)ccc2C[C@H]1C(=O)N[C@@H]1CCCc2ccccc21)C(C)(C)C. The van der Waals surface area contributed by atoms with E-state index >= 15 is 0 Å². The number of carbonyl (C=O) groups is 3.